The number of amides is 1. The molecular formula is C24H21FN4OS. The molecule has 1 aliphatic rings. The molecular weight excluding hydrogens is 411 g/mol. The lowest BCUT2D eigenvalue weighted by Gasteiger charge is -2.28. The van der Waals surface area contributed by atoms with Crippen LogP contribution in [0, 0.1) is 5.82 Å². The summed E-state index contributed by atoms with van der Waals surface area (Å²) in [6.45, 7) is 2.64. The van der Waals surface area contributed by atoms with Gasteiger partial charge in [0.05, 0.1) is 5.69 Å². The highest BCUT2D eigenvalue weighted by molar-refractivity contribution is 7.21. The summed E-state index contributed by atoms with van der Waals surface area (Å²) in [6.07, 6.45) is 0.868. The molecule has 0 bridgehead atoms. The summed E-state index contributed by atoms with van der Waals surface area (Å²) in [5.41, 5.74) is 10.8. The highest BCUT2D eigenvalue weighted by atomic mass is 32.1. The monoisotopic (exact) mass is 432 g/mol. The maximum Gasteiger partial charge on any atom is 0.267 e. The van der Waals surface area contributed by atoms with Crippen LogP contribution in [0.1, 0.15) is 26.5 Å². The van der Waals surface area contributed by atoms with E-state index in [0.717, 1.165) is 47.5 Å². The number of nitrogens with one attached hydrogen (secondary N) is 1. The number of thiophene rings is 1. The zero-order valence-electron chi connectivity index (χ0n) is 16.8. The Labute approximate surface area is 183 Å². The summed E-state index contributed by atoms with van der Waals surface area (Å²) in [6, 6.07) is 18.2. The number of nitrogens with two attached hydrogens (primary N) is 1. The van der Waals surface area contributed by atoms with Gasteiger partial charge in [-0.05, 0) is 41.5 Å². The van der Waals surface area contributed by atoms with Gasteiger partial charge in [-0.25, -0.2) is 9.37 Å². The van der Waals surface area contributed by atoms with Crippen molar-refractivity contribution in [2.45, 2.75) is 19.5 Å². The van der Waals surface area contributed by atoms with E-state index in [4.69, 9.17) is 10.7 Å². The molecule has 3 N–H and O–H groups in total. The minimum Gasteiger partial charge on any atom is -0.397 e. The molecule has 1 amide bonds. The van der Waals surface area contributed by atoms with Crippen LogP contribution in [0.5, 0.6) is 0 Å². The molecule has 0 spiro atoms. The Kier molecular flexibility index (Phi) is 5.13. The van der Waals surface area contributed by atoms with Gasteiger partial charge in [-0.2, -0.15) is 0 Å². The first-order valence-corrected chi connectivity index (χ1v) is 10.9. The molecule has 0 radical (unpaired) electrons. The Morgan fingerprint density at radius 2 is 1.94 bits per heavy atom. The summed E-state index contributed by atoms with van der Waals surface area (Å²) in [4.78, 5) is 21.2. The molecule has 1 aliphatic heterocycles. The second kappa shape index (κ2) is 8.09. The van der Waals surface area contributed by atoms with Crippen molar-refractivity contribution in [3.05, 3.63) is 88.2 Å². The molecule has 156 valence electrons. The van der Waals surface area contributed by atoms with Crippen LogP contribution in [-0.4, -0.2) is 22.3 Å². The number of fused-ring (bicyclic) bond motifs is 2. The van der Waals surface area contributed by atoms with Crippen molar-refractivity contribution in [3.63, 3.8) is 0 Å². The molecule has 0 atom stereocenters. The third-order valence-corrected chi connectivity index (χ3v) is 6.62. The van der Waals surface area contributed by atoms with Crippen molar-refractivity contribution < 1.29 is 9.18 Å². The summed E-state index contributed by atoms with van der Waals surface area (Å²) in [5, 5.41) is 3.59. The SMILES string of the molecule is Nc1c(C(=O)Nc2ccc(F)cc2)sc2nc3c(cc12)CN(Cc1ccccc1)CC3. The number of pyridine rings is 1. The third kappa shape index (κ3) is 4.02. The van der Waals surface area contributed by atoms with E-state index in [0.29, 0.717) is 16.3 Å². The maximum atomic E-state index is 13.1. The average molecular weight is 433 g/mol. The van der Waals surface area contributed by atoms with Crippen molar-refractivity contribution in [3.8, 4) is 0 Å². The molecule has 0 aliphatic carbocycles. The molecule has 5 rings (SSSR count). The first-order chi connectivity index (χ1) is 15.1. The van der Waals surface area contributed by atoms with Crippen molar-refractivity contribution in [1.82, 2.24) is 9.88 Å². The predicted octanol–water partition coefficient (Wildman–Crippen LogP) is 4.83. The topological polar surface area (TPSA) is 71.2 Å². The summed E-state index contributed by atoms with van der Waals surface area (Å²) >= 11 is 1.29. The minimum absolute atomic E-state index is 0.309. The van der Waals surface area contributed by atoms with Crippen LogP contribution in [0.4, 0.5) is 15.8 Å². The van der Waals surface area contributed by atoms with Gasteiger partial charge in [-0.1, -0.05) is 30.3 Å². The Hall–Kier alpha value is -3.29. The number of rotatable bonds is 4. The van der Waals surface area contributed by atoms with Crippen LogP contribution >= 0.6 is 11.3 Å². The fourth-order valence-electron chi connectivity index (χ4n) is 3.92. The molecule has 0 fully saturated rings. The van der Waals surface area contributed by atoms with Crippen molar-refractivity contribution in [2.75, 3.05) is 17.6 Å². The largest absolute Gasteiger partial charge is 0.397 e. The number of aromatic nitrogens is 1. The van der Waals surface area contributed by atoms with Gasteiger partial charge in [0, 0.05) is 42.8 Å². The van der Waals surface area contributed by atoms with E-state index < -0.39 is 0 Å². The standard InChI is InChI=1S/C24H21FN4OS/c25-17-6-8-18(9-7-17)27-23(30)22-21(26)19-12-16-14-29(13-15-4-2-1-3-5-15)11-10-20(16)28-24(19)31-22/h1-9,12H,10-11,13-14,26H2,(H,27,30). The average Bonchev–Trinajstić information content (AvgIpc) is 3.10. The van der Waals surface area contributed by atoms with Gasteiger partial charge in [0.25, 0.3) is 5.91 Å². The van der Waals surface area contributed by atoms with Crippen molar-refractivity contribution in [1.29, 1.82) is 0 Å². The molecule has 31 heavy (non-hydrogen) atoms. The van der Waals surface area contributed by atoms with Gasteiger partial charge in [0.1, 0.15) is 15.5 Å². The van der Waals surface area contributed by atoms with E-state index in [2.05, 4.69) is 40.5 Å². The Morgan fingerprint density at radius 1 is 1.16 bits per heavy atom. The summed E-state index contributed by atoms with van der Waals surface area (Å²) in [5.74, 6) is -0.661. The molecule has 0 saturated carbocycles. The Bertz CT molecular complexity index is 1250. The number of hydrogen-bond acceptors (Lipinski definition) is 5. The second-order valence-electron chi connectivity index (χ2n) is 7.70. The normalized spacial score (nSPS) is 13.8. The molecule has 4 aromatic rings. The highest BCUT2D eigenvalue weighted by Gasteiger charge is 2.23. The van der Waals surface area contributed by atoms with Crippen LogP contribution < -0.4 is 11.1 Å². The van der Waals surface area contributed by atoms with Gasteiger partial charge in [0.2, 0.25) is 0 Å². The lowest BCUT2D eigenvalue weighted by Crippen LogP contribution is -2.30. The van der Waals surface area contributed by atoms with Gasteiger partial charge < -0.3 is 11.1 Å². The van der Waals surface area contributed by atoms with Crippen LogP contribution in [-0.2, 0) is 19.5 Å². The Balaban J connectivity index is 1.39. The van der Waals surface area contributed by atoms with Crippen molar-refractivity contribution >= 4 is 38.8 Å². The third-order valence-electron chi connectivity index (χ3n) is 5.51. The first kappa shape index (κ1) is 19.7. The quantitative estimate of drug-likeness (QED) is 0.485. The fourth-order valence-corrected chi connectivity index (χ4v) is 4.91. The van der Waals surface area contributed by atoms with Crippen LogP contribution in [0.25, 0.3) is 10.2 Å². The maximum absolute atomic E-state index is 13.1. The number of carbonyl (C=O) groups excluding carboxylic acids is 1. The van der Waals surface area contributed by atoms with Crippen LogP contribution in [0.3, 0.4) is 0 Å². The number of nitrogens with zero attached hydrogens (tertiary/aromatic N) is 2. The molecule has 7 heteroatoms. The number of halogens is 1. The van der Waals surface area contributed by atoms with Gasteiger partial charge in [0.15, 0.2) is 0 Å². The van der Waals surface area contributed by atoms with E-state index in [1.165, 1.54) is 41.2 Å². The van der Waals surface area contributed by atoms with E-state index >= 15 is 0 Å². The van der Waals surface area contributed by atoms with E-state index in [1.54, 1.807) is 0 Å². The lowest BCUT2D eigenvalue weighted by molar-refractivity contribution is 0.103. The van der Waals surface area contributed by atoms with E-state index in [1.807, 2.05) is 6.07 Å². The summed E-state index contributed by atoms with van der Waals surface area (Å²) in [7, 11) is 0. The second-order valence-corrected chi connectivity index (χ2v) is 8.70. The zero-order chi connectivity index (χ0) is 21.4. The molecule has 0 unspecified atom stereocenters. The number of nitrogen functional groups attached to an aromatic ring is 1. The summed E-state index contributed by atoms with van der Waals surface area (Å²) < 4.78 is 13.1. The smallest absolute Gasteiger partial charge is 0.267 e. The predicted molar refractivity (Wildman–Crippen MR) is 123 cm³/mol. The molecule has 3 heterocycles. The van der Waals surface area contributed by atoms with Gasteiger partial charge in [-0.15, -0.1) is 11.3 Å². The first-order valence-electron chi connectivity index (χ1n) is 10.1. The number of benzene rings is 2. The van der Waals surface area contributed by atoms with Gasteiger partial charge >= 0.3 is 0 Å². The van der Waals surface area contributed by atoms with E-state index in [-0.39, 0.29) is 11.7 Å². The molecule has 2 aromatic carbocycles. The molecule has 2 aromatic heterocycles. The number of carbonyl (C=O) groups is 1. The van der Waals surface area contributed by atoms with Crippen LogP contribution in [0.2, 0.25) is 0 Å². The zero-order valence-corrected chi connectivity index (χ0v) is 17.6. The number of anilines is 2. The van der Waals surface area contributed by atoms with Crippen molar-refractivity contribution in [2.24, 2.45) is 0 Å². The minimum atomic E-state index is -0.351. The lowest BCUT2D eigenvalue weighted by atomic mass is 10.0. The van der Waals surface area contributed by atoms with E-state index in [9.17, 15) is 9.18 Å². The highest BCUT2D eigenvalue weighted by Crippen LogP contribution is 2.35. The Morgan fingerprint density at radius 3 is 2.71 bits per heavy atom. The fraction of sp³-hybridized carbons (Fsp3) is 0.167. The number of hydrogen-bond donors (Lipinski definition) is 2. The molecule has 5 nitrogen and oxygen atoms in total. The van der Waals surface area contributed by atoms with Crippen LogP contribution in [0.15, 0.2) is 60.7 Å². The van der Waals surface area contributed by atoms with Gasteiger partial charge in [-0.3, -0.25) is 9.69 Å². The molecule has 0 saturated heterocycles.